The number of rotatable bonds is 9. The van der Waals surface area contributed by atoms with Gasteiger partial charge in [0.15, 0.2) is 0 Å². The Hall–Kier alpha value is -1.63. The molecule has 1 N–H and O–H groups in total. The first-order valence-corrected chi connectivity index (χ1v) is 13.1. The van der Waals surface area contributed by atoms with Gasteiger partial charge in [-0.15, -0.1) is 23.5 Å². The van der Waals surface area contributed by atoms with Crippen molar-refractivity contribution in [3.05, 3.63) is 76.3 Å². The van der Waals surface area contributed by atoms with Gasteiger partial charge >= 0.3 is 0 Å². The topological polar surface area (TPSA) is 38.3 Å². The fraction of sp³-hybridized carbons (Fsp3) is 0.240. The fourth-order valence-electron chi connectivity index (χ4n) is 3.36. The second-order valence-corrected chi connectivity index (χ2v) is 10.1. The summed E-state index contributed by atoms with van der Waals surface area (Å²) in [6.07, 6.45) is 2.03. The van der Waals surface area contributed by atoms with Crippen molar-refractivity contribution in [2.45, 2.75) is 22.6 Å². The van der Waals surface area contributed by atoms with Crippen LogP contribution in [-0.2, 0) is 9.53 Å². The van der Waals surface area contributed by atoms with Crippen molar-refractivity contribution in [2.75, 3.05) is 31.0 Å². The van der Waals surface area contributed by atoms with Gasteiger partial charge in [0, 0.05) is 28.2 Å². The number of ether oxygens (including phenoxy) is 1. The van der Waals surface area contributed by atoms with Gasteiger partial charge in [-0.25, -0.2) is 0 Å². The Morgan fingerprint density at radius 2 is 1.59 bits per heavy atom. The van der Waals surface area contributed by atoms with Crippen molar-refractivity contribution in [3.63, 3.8) is 0 Å². The van der Waals surface area contributed by atoms with Crippen LogP contribution in [0.1, 0.15) is 18.4 Å². The molecule has 7 heteroatoms. The lowest BCUT2D eigenvalue weighted by Crippen LogP contribution is -2.24. The van der Waals surface area contributed by atoms with E-state index in [0.29, 0.717) is 15.7 Å². The van der Waals surface area contributed by atoms with Crippen LogP contribution in [-0.4, -0.2) is 31.6 Å². The molecule has 0 aliphatic carbocycles. The SMILES string of the molecule is CCSc1ccc(C(COC)C(=O)Nc2cc(Cl)c(-c3ccc(SC)cc3)c(Cl)c2)cc1. The van der Waals surface area contributed by atoms with Crippen molar-refractivity contribution in [2.24, 2.45) is 0 Å². The normalized spacial score (nSPS) is 11.9. The van der Waals surface area contributed by atoms with Crippen molar-refractivity contribution < 1.29 is 9.53 Å². The monoisotopic (exact) mass is 505 g/mol. The zero-order valence-electron chi connectivity index (χ0n) is 18.2. The number of benzene rings is 3. The number of carbonyl (C=O) groups is 1. The van der Waals surface area contributed by atoms with Crippen LogP contribution in [0.15, 0.2) is 70.5 Å². The first kappa shape index (κ1) is 25.0. The minimum Gasteiger partial charge on any atom is -0.384 e. The van der Waals surface area contributed by atoms with E-state index in [1.807, 2.05) is 54.8 Å². The lowest BCUT2D eigenvalue weighted by atomic mass is 9.99. The maximum Gasteiger partial charge on any atom is 0.234 e. The van der Waals surface area contributed by atoms with Gasteiger partial charge < -0.3 is 10.1 Å². The average molecular weight is 507 g/mol. The smallest absolute Gasteiger partial charge is 0.234 e. The van der Waals surface area contributed by atoms with Crippen LogP contribution in [0.5, 0.6) is 0 Å². The van der Waals surface area contributed by atoms with Crippen molar-refractivity contribution in [1.29, 1.82) is 0 Å². The third kappa shape index (κ3) is 6.24. The third-order valence-electron chi connectivity index (χ3n) is 4.93. The summed E-state index contributed by atoms with van der Waals surface area (Å²) in [5, 5.41) is 3.91. The van der Waals surface area contributed by atoms with Crippen LogP contribution in [0, 0.1) is 0 Å². The number of nitrogens with one attached hydrogen (secondary N) is 1. The van der Waals surface area contributed by atoms with E-state index >= 15 is 0 Å². The van der Waals surface area contributed by atoms with Gasteiger partial charge in [0.05, 0.1) is 22.6 Å². The van der Waals surface area contributed by atoms with Crippen molar-refractivity contribution in [1.82, 2.24) is 0 Å². The third-order valence-corrected chi connectivity index (χ3v) is 7.17. The Kier molecular flexibility index (Phi) is 9.38. The molecule has 0 aliphatic heterocycles. The summed E-state index contributed by atoms with van der Waals surface area (Å²) in [5.74, 6) is 0.379. The predicted octanol–water partition coefficient (Wildman–Crippen LogP) is 7.86. The quantitative estimate of drug-likeness (QED) is 0.300. The first-order valence-electron chi connectivity index (χ1n) is 10.1. The Morgan fingerprint density at radius 1 is 1.00 bits per heavy atom. The van der Waals surface area contributed by atoms with E-state index < -0.39 is 5.92 Å². The summed E-state index contributed by atoms with van der Waals surface area (Å²) >= 11 is 16.6. The van der Waals surface area contributed by atoms with E-state index in [4.69, 9.17) is 27.9 Å². The molecule has 0 heterocycles. The van der Waals surface area contributed by atoms with E-state index in [0.717, 1.165) is 27.3 Å². The molecular weight excluding hydrogens is 481 g/mol. The van der Waals surface area contributed by atoms with Crippen LogP contribution >= 0.6 is 46.7 Å². The standard InChI is InChI=1S/C25H25Cl2NO2S2/c1-4-32-20-11-5-16(6-12-20)21(15-30-2)25(29)28-18-13-22(26)24(23(27)14-18)17-7-9-19(31-3)10-8-17/h5-14,21H,4,15H2,1-3H3,(H,28,29). The molecule has 1 unspecified atom stereocenters. The highest BCUT2D eigenvalue weighted by molar-refractivity contribution is 7.99. The second-order valence-electron chi connectivity index (χ2n) is 7.04. The summed E-state index contributed by atoms with van der Waals surface area (Å²) in [5.41, 5.74) is 3.12. The molecule has 3 nitrogen and oxygen atoms in total. The maximum atomic E-state index is 13.1. The van der Waals surface area contributed by atoms with E-state index in [1.54, 1.807) is 42.8 Å². The van der Waals surface area contributed by atoms with Crippen LogP contribution in [0.25, 0.3) is 11.1 Å². The lowest BCUT2D eigenvalue weighted by molar-refractivity contribution is -0.118. The molecule has 3 aromatic rings. The minimum atomic E-state index is -0.447. The molecule has 32 heavy (non-hydrogen) atoms. The number of hydrogen-bond donors (Lipinski definition) is 1. The van der Waals surface area contributed by atoms with Gasteiger partial charge in [0.2, 0.25) is 5.91 Å². The summed E-state index contributed by atoms with van der Waals surface area (Å²) < 4.78 is 5.32. The Bertz CT molecular complexity index is 1030. The number of amides is 1. The number of methoxy groups -OCH3 is 1. The summed E-state index contributed by atoms with van der Waals surface area (Å²) in [6.45, 7) is 2.38. The summed E-state index contributed by atoms with van der Waals surface area (Å²) in [6, 6.07) is 19.5. The number of anilines is 1. The number of hydrogen-bond acceptors (Lipinski definition) is 4. The first-order chi connectivity index (χ1) is 15.5. The Morgan fingerprint density at radius 3 is 2.12 bits per heavy atom. The van der Waals surface area contributed by atoms with E-state index in [2.05, 4.69) is 12.2 Å². The molecular formula is C25H25Cl2NO2S2. The molecule has 168 valence electrons. The number of thioether (sulfide) groups is 2. The van der Waals surface area contributed by atoms with Gasteiger partial charge in [0.25, 0.3) is 0 Å². The molecule has 1 atom stereocenters. The molecule has 0 spiro atoms. The highest BCUT2D eigenvalue weighted by Gasteiger charge is 2.22. The molecule has 3 aromatic carbocycles. The Balaban J connectivity index is 1.81. The van der Waals surface area contributed by atoms with Crippen LogP contribution in [0.4, 0.5) is 5.69 Å². The lowest BCUT2D eigenvalue weighted by Gasteiger charge is -2.18. The Labute approximate surface area is 208 Å². The van der Waals surface area contributed by atoms with Crippen LogP contribution in [0.2, 0.25) is 10.0 Å². The summed E-state index contributed by atoms with van der Waals surface area (Å²) in [4.78, 5) is 15.4. The van der Waals surface area contributed by atoms with E-state index in [1.165, 1.54) is 4.90 Å². The predicted molar refractivity (Wildman–Crippen MR) is 140 cm³/mol. The van der Waals surface area contributed by atoms with E-state index in [9.17, 15) is 4.79 Å². The fourth-order valence-corrected chi connectivity index (χ4v) is 5.14. The molecule has 0 saturated carbocycles. The van der Waals surface area contributed by atoms with Crippen molar-refractivity contribution in [3.8, 4) is 11.1 Å². The average Bonchev–Trinajstić information content (AvgIpc) is 2.78. The van der Waals surface area contributed by atoms with Crippen LogP contribution in [0.3, 0.4) is 0 Å². The van der Waals surface area contributed by atoms with Gasteiger partial charge in [0.1, 0.15) is 0 Å². The van der Waals surface area contributed by atoms with Gasteiger partial charge in [-0.1, -0.05) is 54.4 Å². The molecule has 0 bridgehead atoms. The molecule has 1 amide bonds. The molecule has 0 aliphatic rings. The van der Waals surface area contributed by atoms with Gasteiger partial charge in [-0.2, -0.15) is 0 Å². The number of halogens is 2. The highest BCUT2D eigenvalue weighted by Crippen LogP contribution is 2.38. The van der Waals surface area contributed by atoms with E-state index in [-0.39, 0.29) is 12.5 Å². The molecule has 0 saturated heterocycles. The van der Waals surface area contributed by atoms with Crippen molar-refractivity contribution >= 4 is 58.3 Å². The van der Waals surface area contributed by atoms with Gasteiger partial charge in [-0.05, 0) is 59.5 Å². The molecule has 0 radical (unpaired) electrons. The molecule has 0 fully saturated rings. The second kappa shape index (κ2) is 12.0. The maximum absolute atomic E-state index is 13.1. The van der Waals surface area contributed by atoms with Crippen LogP contribution < -0.4 is 5.32 Å². The zero-order valence-corrected chi connectivity index (χ0v) is 21.3. The molecule has 0 aromatic heterocycles. The number of carbonyl (C=O) groups excluding carboxylic acids is 1. The highest BCUT2D eigenvalue weighted by atomic mass is 35.5. The molecule has 3 rings (SSSR count). The summed E-state index contributed by atoms with van der Waals surface area (Å²) in [7, 11) is 1.59. The van der Waals surface area contributed by atoms with Gasteiger partial charge in [-0.3, -0.25) is 4.79 Å². The minimum absolute atomic E-state index is 0.174. The largest absolute Gasteiger partial charge is 0.384 e. The zero-order chi connectivity index (χ0) is 23.1.